The molecule has 0 spiro atoms. The van der Waals surface area contributed by atoms with E-state index in [1.807, 2.05) is 12.1 Å². The van der Waals surface area contributed by atoms with Crippen molar-refractivity contribution in [3.05, 3.63) is 28.8 Å². The maximum Gasteiger partial charge on any atom is 0.258 e. The molecular weight excluding hydrogens is 286 g/mol. The van der Waals surface area contributed by atoms with Crippen molar-refractivity contribution in [2.75, 3.05) is 13.2 Å². The lowest BCUT2D eigenvalue weighted by Gasteiger charge is -2.24. The zero-order valence-electron chi connectivity index (χ0n) is 12.0. The fourth-order valence-electron chi connectivity index (χ4n) is 2.73. The van der Waals surface area contributed by atoms with Crippen LogP contribution in [0, 0.1) is 12.3 Å². The van der Waals surface area contributed by atoms with Gasteiger partial charge in [0, 0.05) is 5.02 Å². The summed E-state index contributed by atoms with van der Waals surface area (Å²) in [6.45, 7) is 0.196. The fourth-order valence-corrected chi connectivity index (χ4v) is 2.91. The van der Waals surface area contributed by atoms with Crippen molar-refractivity contribution < 1.29 is 9.53 Å². The van der Waals surface area contributed by atoms with Crippen LogP contribution in [0.25, 0.3) is 0 Å². The van der Waals surface area contributed by atoms with E-state index < -0.39 is 0 Å². The van der Waals surface area contributed by atoms with E-state index in [0.29, 0.717) is 10.9 Å². The Morgan fingerprint density at radius 3 is 2.86 bits per heavy atom. The summed E-state index contributed by atoms with van der Waals surface area (Å²) in [5.74, 6) is 3.38. The topological polar surface area (TPSA) is 38.3 Å². The predicted octanol–water partition coefficient (Wildman–Crippen LogP) is 3.52. The fraction of sp³-hybridized carbons (Fsp3) is 0.471. The number of carbonyl (C=O) groups excluding carboxylic acids is 1. The van der Waals surface area contributed by atoms with Crippen LogP contribution >= 0.6 is 11.6 Å². The molecule has 1 aromatic carbocycles. The third kappa shape index (κ3) is 4.68. The number of rotatable bonds is 5. The number of nitrogens with one attached hydrogen (secondary N) is 1. The minimum atomic E-state index is -0.211. The second kappa shape index (κ2) is 7.95. The Morgan fingerprint density at radius 1 is 1.38 bits per heavy atom. The van der Waals surface area contributed by atoms with Gasteiger partial charge in [-0.15, -0.1) is 6.42 Å². The predicted molar refractivity (Wildman–Crippen MR) is 84.6 cm³/mol. The summed E-state index contributed by atoms with van der Waals surface area (Å²) in [6.07, 6.45) is 11.2. The van der Waals surface area contributed by atoms with Crippen LogP contribution in [0.2, 0.25) is 5.02 Å². The lowest BCUT2D eigenvalue weighted by molar-refractivity contribution is -0.122. The van der Waals surface area contributed by atoms with Gasteiger partial charge in [0.2, 0.25) is 0 Å². The van der Waals surface area contributed by atoms with Crippen LogP contribution in [0.1, 0.15) is 43.6 Å². The summed E-state index contributed by atoms with van der Waals surface area (Å²) in [4.78, 5) is 11.6. The standard InChI is InChI=1S/C17H20ClNO2/c1-2-10-19-17(20)12-21-16-9-8-14(18)11-15(16)13-6-4-3-5-7-13/h1,8-9,11,13H,3-7,10,12H2,(H,19,20). The van der Waals surface area contributed by atoms with Crippen molar-refractivity contribution in [1.82, 2.24) is 5.32 Å². The molecule has 0 unspecified atom stereocenters. The molecule has 1 aliphatic rings. The van der Waals surface area contributed by atoms with E-state index in [1.165, 1.54) is 19.3 Å². The van der Waals surface area contributed by atoms with Gasteiger partial charge in [0.25, 0.3) is 5.91 Å². The normalized spacial score (nSPS) is 15.2. The Hall–Kier alpha value is -1.66. The number of benzene rings is 1. The minimum absolute atomic E-state index is 0.0248. The second-order valence-electron chi connectivity index (χ2n) is 5.29. The molecule has 0 aliphatic heterocycles. The number of hydrogen-bond donors (Lipinski definition) is 1. The van der Waals surface area contributed by atoms with Crippen molar-refractivity contribution in [3.63, 3.8) is 0 Å². The number of amides is 1. The largest absolute Gasteiger partial charge is 0.483 e. The van der Waals surface area contributed by atoms with Gasteiger partial charge in [0.15, 0.2) is 6.61 Å². The number of carbonyl (C=O) groups is 1. The molecule has 2 rings (SSSR count). The quantitative estimate of drug-likeness (QED) is 0.845. The molecule has 3 nitrogen and oxygen atoms in total. The molecule has 1 N–H and O–H groups in total. The first-order chi connectivity index (χ1) is 10.2. The third-order valence-corrected chi connectivity index (χ3v) is 4.00. The molecule has 4 heteroatoms. The van der Waals surface area contributed by atoms with Crippen molar-refractivity contribution in [3.8, 4) is 18.1 Å². The number of hydrogen-bond acceptors (Lipinski definition) is 2. The van der Waals surface area contributed by atoms with E-state index >= 15 is 0 Å². The molecule has 0 heterocycles. The van der Waals surface area contributed by atoms with E-state index in [4.69, 9.17) is 22.8 Å². The molecule has 21 heavy (non-hydrogen) atoms. The Morgan fingerprint density at radius 2 is 2.14 bits per heavy atom. The Bertz CT molecular complexity index is 530. The monoisotopic (exact) mass is 305 g/mol. The minimum Gasteiger partial charge on any atom is -0.483 e. The first-order valence-electron chi connectivity index (χ1n) is 7.33. The van der Waals surface area contributed by atoms with Gasteiger partial charge in [-0.2, -0.15) is 0 Å². The van der Waals surface area contributed by atoms with Gasteiger partial charge in [-0.05, 0) is 42.5 Å². The smallest absolute Gasteiger partial charge is 0.258 e. The molecule has 1 aliphatic carbocycles. The van der Waals surface area contributed by atoms with Crippen LogP contribution in [0.15, 0.2) is 18.2 Å². The van der Waals surface area contributed by atoms with Crippen LogP contribution in [-0.2, 0) is 4.79 Å². The molecule has 0 radical (unpaired) electrons. The molecule has 1 saturated carbocycles. The SMILES string of the molecule is C#CCNC(=O)COc1ccc(Cl)cc1C1CCCCC1. The summed E-state index contributed by atoms with van der Waals surface area (Å²) in [5, 5.41) is 3.29. The van der Waals surface area contributed by atoms with Gasteiger partial charge in [0.05, 0.1) is 6.54 Å². The van der Waals surface area contributed by atoms with Gasteiger partial charge < -0.3 is 10.1 Å². The Kier molecular flexibility index (Phi) is 5.95. The van der Waals surface area contributed by atoms with Crippen LogP contribution in [0.4, 0.5) is 0 Å². The van der Waals surface area contributed by atoms with Crippen LogP contribution in [-0.4, -0.2) is 19.1 Å². The highest BCUT2D eigenvalue weighted by atomic mass is 35.5. The molecule has 1 fully saturated rings. The molecule has 0 bridgehead atoms. The van der Waals surface area contributed by atoms with E-state index in [0.717, 1.165) is 24.2 Å². The van der Waals surface area contributed by atoms with Crippen molar-refractivity contribution >= 4 is 17.5 Å². The molecule has 1 amide bonds. The van der Waals surface area contributed by atoms with Crippen LogP contribution in [0.3, 0.4) is 0 Å². The number of terminal acetylenes is 1. The van der Waals surface area contributed by atoms with Crippen LogP contribution in [0.5, 0.6) is 5.75 Å². The molecule has 112 valence electrons. The van der Waals surface area contributed by atoms with Gasteiger partial charge in [-0.3, -0.25) is 4.79 Å². The van der Waals surface area contributed by atoms with E-state index in [9.17, 15) is 4.79 Å². The summed E-state index contributed by atoms with van der Waals surface area (Å²) in [5.41, 5.74) is 1.12. The maximum atomic E-state index is 11.6. The van der Waals surface area contributed by atoms with E-state index in [1.54, 1.807) is 6.07 Å². The Balaban J connectivity index is 2.04. The summed E-state index contributed by atoms with van der Waals surface area (Å²) in [7, 11) is 0. The molecule has 1 aromatic rings. The van der Waals surface area contributed by atoms with Crippen LogP contribution < -0.4 is 10.1 Å². The molecule has 0 aromatic heterocycles. The summed E-state index contributed by atoms with van der Waals surface area (Å²) in [6, 6.07) is 5.61. The lowest BCUT2D eigenvalue weighted by Crippen LogP contribution is -2.29. The highest BCUT2D eigenvalue weighted by Gasteiger charge is 2.20. The zero-order chi connectivity index (χ0) is 15.1. The first-order valence-corrected chi connectivity index (χ1v) is 7.71. The van der Waals surface area contributed by atoms with Gasteiger partial charge in [-0.1, -0.05) is 36.8 Å². The first kappa shape index (κ1) is 15.7. The average Bonchev–Trinajstić information content (AvgIpc) is 2.52. The van der Waals surface area contributed by atoms with E-state index in [-0.39, 0.29) is 19.1 Å². The zero-order valence-corrected chi connectivity index (χ0v) is 12.8. The maximum absolute atomic E-state index is 11.6. The third-order valence-electron chi connectivity index (χ3n) is 3.76. The summed E-state index contributed by atoms with van der Waals surface area (Å²) >= 11 is 6.11. The van der Waals surface area contributed by atoms with Crippen molar-refractivity contribution in [1.29, 1.82) is 0 Å². The highest BCUT2D eigenvalue weighted by molar-refractivity contribution is 6.30. The van der Waals surface area contributed by atoms with Crippen molar-refractivity contribution in [2.45, 2.75) is 38.0 Å². The average molecular weight is 306 g/mol. The van der Waals surface area contributed by atoms with Gasteiger partial charge in [-0.25, -0.2) is 0 Å². The highest BCUT2D eigenvalue weighted by Crippen LogP contribution is 2.38. The van der Waals surface area contributed by atoms with Gasteiger partial charge in [0.1, 0.15) is 5.75 Å². The number of halogens is 1. The number of ether oxygens (including phenoxy) is 1. The van der Waals surface area contributed by atoms with E-state index in [2.05, 4.69) is 11.2 Å². The summed E-state index contributed by atoms with van der Waals surface area (Å²) < 4.78 is 5.66. The molecular formula is C17H20ClNO2. The van der Waals surface area contributed by atoms with Crippen molar-refractivity contribution in [2.24, 2.45) is 0 Å². The molecule has 0 saturated heterocycles. The van der Waals surface area contributed by atoms with Gasteiger partial charge >= 0.3 is 0 Å². The second-order valence-corrected chi connectivity index (χ2v) is 5.72. The lowest BCUT2D eigenvalue weighted by atomic mass is 9.84. The Labute approximate surface area is 131 Å². The molecule has 0 atom stereocenters.